The van der Waals surface area contributed by atoms with Gasteiger partial charge in [0.15, 0.2) is 0 Å². The van der Waals surface area contributed by atoms with Crippen LogP contribution in [0.5, 0.6) is 5.75 Å². The molecule has 0 radical (unpaired) electrons. The Morgan fingerprint density at radius 1 is 0.889 bits per heavy atom. The number of unbranched alkanes of at least 4 members (excludes halogenated alkanes) is 9. The number of nitrogens with zero attached hydrogens (tertiary/aromatic N) is 1. The molecule has 0 atom stereocenters. The number of aromatic amines is 1. The van der Waals surface area contributed by atoms with Gasteiger partial charge in [0.25, 0.3) is 0 Å². The third kappa shape index (κ3) is 7.64. The molecule has 4 rings (SSSR count). The highest BCUT2D eigenvalue weighted by Gasteiger charge is 2.16. The van der Waals surface area contributed by atoms with Crippen molar-refractivity contribution in [1.29, 1.82) is 0 Å². The number of allylic oxidation sites excluding steroid dienone is 2. The molecule has 0 amide bonds. The van der Waals surface area contributed by atoms with Crippen molar-refractivity contribution in [1.82, 2.24) is 4.98 Å². The number of para-hydroxylation sites is 1. The van der Waals surface area contributed by atoms with Crippen molar-refractivity contribution in [3.63, 3.8) is 0 Å². The molecule has 0 fully saturated rings. The summed E-state index contributed by atoms with van der Waals surface area (Å²) in [6, 6.07) is 15.0. The van der Waals surface area contributed by atoms with E-state index in [0.29, 0.717) is 0 Å². The van der Waals surface area contributed by atoms with Gasteiger partial charge in [-0.05, 0) is 41.8 Å². The fourth-order valence-corrected chi connectivity index (χ4v) is 5.14. The summed E-state index contributed by atoms with van der Waals surface area (Å²) in [4.78, 5) is 5.92. The van der Waals surface area contributed by atoms with Crippen molar-refractivity contribution in [3.05, 3.63) is 71.9 Å². The van der Waals surface area contributed by atoms with Gasteiger partial charge in [-0.25, -0.2) is 0 Å². The highest BCUT2D eigenvalue weighted by molar-refractivity contribution is 14.0. The Labute approximate surface area is 235 Å². The smallest absolute Gasteiger partial charge is 0.119 e. The van der Waals surface area contributed by atoms with Gasteiger partial charge >= 0.3 is 0 Å². The summed E-state index contributed by atoms with van der Waals surface area (Å²) < 4.78 is 5.42. The SMILES string of the molecule is CCCCCCCCCCCCN1CC=C(/C=C/c2c[nH]c3ccc(OC)cc23)c2ccccc21.I. The Kier molecular flexibility index (Phi) is 11.9. The van der Waals surface area contributed by atoms with E-state index in [1.54, 1.807) is 7.11 Å². The molecule has 36 heavy (non-hydrogen) atoms. The Morgan fingerprint density at radius 2 is 1.61 bits per heavy atom. The minimum atomic E-state index is 0. The quantitative estimate of drug-likeness (QED) is 0.148. The van der Waals surface area contributed by atoms with E-state index in [0.717, 1.165) is 24.4 Å². The highest BCUT2D eigenvalue weighted by Crippen LogP contribution is 2.33. The van der Waals surface area contributed by atoms with Gasteiger partial charge in [-0.2, -0.15) is 0 Å². The zero-order chi connectivity index (χ0) is 24.3. The van der Waals surface area contributed by atoms with E-state index in [9.17, 15) is 0 Å². The molecule has 2 aromatic carbocycles. The fourth-order valence-electron chi connectivity index (χ4n) is 5.14. The number of halogens is 1. The number of fused-ring (bicyclic) bond motifs is 2. The van der Waals surface area contributed by atoms with Crippen molar-refractivity contribution in [3.8, 4) is 5.75 Å². The summed E-state index contributed by atoms with van der Waals surface area (Å²) in [6.45, 7) is 4.41. The van der Waals surface area contributed by atoms with Crippen LogP contribution in [0.4, 0.5) is 5.69 Å². The predicted molar refractivity (Wildman–Crippen MR) is 168 cm³/mol. The van der Waals surface area contributed by atoms with Crippen LogP contribution in [0, 0.1) is 0 Å². The first-order valence-corrected chi connectivity index (χ1v) is 13.7. The van der Waals surface area contributed by atoms with Gasteiger partial charge in [0.1, 0.15) is 5.75 Å². The summed E-state index contributed by atoms with van der Waals surface area (Å²) in [5.74, 6) is 0.886. The summed E-state index contributed by atoms with van der Waals surface area (Å²) in [6.07, 6.45) is 22.8. The molecule has 0 saturated heterocycles. The van der Waals surface area contributed by atoms with E-state index in [-0.39, 0.29) is 24.0 Å². The number of hydrogen-bond acceptors (Lipinski definition) is 2. The average Bonchev–Trinajstić information content (AvgIpc) is 3.31. The molecule has 3 aromatic rings. The first kappa shape index (κ1) is 28.4. The van der Waals surface area contributed by atoms with E-state index in [2.05, 4.69) is 77.6 Å². The normalized spacial score (nSPS) is 13.1. The summed E-state index contributed by atoms with van der Waals surface area (Å²) in [5.41, 5.74) is 6.32. The van der Waals surface area contributed by atoms with E-state index in [1.165, 1.54) is 92.0 Å². The lowest BCUT2D eigenvalue weighted by atomic mass is 9.97. The van der Waals surface area contributed by atoms with Crippen LogP contribution in [-0.4, -0.2) is 25.2 Å². The molecule has 0 saturated carbocycles. The molecular formula is C32H43IN2O. The van der Waals surface area contributed by atoms with Crippen LogP contribution in [0.2, 0.25) is 0 Å². The van der Waals surface area contributed by atoms with Crippen molar-refractivity contribution in [2.45, 2.75) is 71.1 Å². The van der Waals surface area contributed by atoms with E-state index < -0.39 is 0 Å². The number of ether oxygens (including phenoxy) is 1. The monoisotopic (exact) mass is 598 g/mol. The van der Waals surface area contributed by atoms with Gasteiger partial charge in [-0.15, -0.1) is 24.0 Å². The Balaban J connectivity index is 0.00000361. The second kappa shape index (κ2) is 15.1. The topological polar surface area (TPSA) is 28.3 Å². The molecule has 0 spiro atoms. The number of benzene rings is 2. The van der Waals surface area contributed by atoms with Crippen LogP contribution in [0.25, 0.3) is 22.6 Å². The summed E-state index contributed by atoms with van der Waals surface area (Å²) in [7, 11) is 1.72. The zero-order valence-corrected chi connectivity index (χ0v) is 24.4. The van der Waals surface area contributed by atoms with E-state index in [1.807, 2.05) is 6.07 Å². The third-order valence-electron chi connectivity index (χ3n) is 7.23. The first-order valence-electron chi connectivity index (χ1n) is 13.7. The van der Waals surface area contributed by atoms with Crippen LogP contribution >= 0.6 is 24.0 Å². The molecule has 1 N–H and O–H groups in total. The lowest BCUT2D eigenvalue weighted by Crippen LogP contribution is -2.28. The zero-order valence-electron chi connectivity index (χ0n) is 22.1. The Morgan fingerprint density at radius 3 is 2.36 bits per heavy atom. The van der Waals surface area contributed by atoms with Gasteiger partial charge in [0.05, 0.1) is 7.11 Å². The Bertz CT molecular complexity index is 1130. The lowest BCUT2D eigenvalue weighted by molar-refractivity contribution is 0.415. The minimum Gasteiger partial charge on any atom is -0.497 e. The van der Waals surface area contributed by atoms with Crippen LogP contribution in [0.15, 0.2) is 60.8 Å². The van der Waals surface area contributed by atoms with Crippen molar-refractivity contribution in [2.75, 3.05) is 25.1 Å². The molecule has 1 aromatic heterocycles. The molecule has 1 aliphatic heterocycles. The van der Waals surface area contributed by atoms with E-state index in [4.69, 9.17) is 4.74 Å². The summed E-state index contributed by atoms with van der Waals surface area (Å²) in [5, 5.41) is 1.19. The lowest BCUT2D eigenvalue weighted by Gasteiger charge is -2.30. The molecule has 2 heterocycles. The molecule has 1 aliphatic rings. The standard InChI is InChI=1S/C32H42N2O.HI/c1-3-4-5-6-7-8-9-10-11-14-22-34-23-21-26(29-15-12-13-16-32(29)34)17-18-27-25-33-31-20-19-28(35-2)24-30(27)31;/h12-13,15-21,24-25,33H,3-11,14,22-23H2,1-2H3;1H/b18-17+;. The maximum absolute atomic E-state index is 5.42. The summed E-state index contributed by atoms with van der Waals surface area (Å²) >= 11 is 0. The number of nitrogens with one attached hydrogen (secondary N) is 1. The molecule has 0 unspecified atom stereocenters. The predicted octanol–water partition coefficient (Wildman–Crippen LogP) is 9.63. The molecule has 194 valence electrons. The Hall–Kier alpha value is -2.21. The van der Waals surface area contributed by atoms with Crippen molar-refractivity contribution < 1.29 is 4.74 Å². The van der Waals surface area contributed by atoms with Crippen molar-refractivity contribution in [2.24, 2.45) is 0 Å². The maximum atomic E-state index is 5.42. The maximum Gasteiger partial charge on any atom is 0.119 e. The number of anilines is 1. The van der Waals surface area contributed by atoms with Crippen molar-refractivity contribution >= 4 is 52.2 Å². The van der Waals surface area contributed by atoms with Crippen LogP contribution < -0.4 is 9.64 Å². The largest absolute Gasteiger partial charge is 0.497 e. The van der Waals surface area contributed by atoms with Crippen LogP contribution in [0.3, 0.4) is 0 Å². The second-order valence-electron chi connectivity index (χ2n) is 9.79. The molecular weight excluding hydrogens is 555 g/mol. The molecule has 3 nitrogen and oxygen atoms in total. The van der Waals surface area contributed by atoms with Gasteiger partial charge < -0.3 is 14.6 Å². The number of aromatic nitrogens is 1. The minimum absolute atomic E-state index is 0. The van der Waals surface area contributed by atoms with Gasteiger partial charge in [0, 0.05) is 41.4 Å². The van der Waals surface area contributed by atoms with Crippen LogP contribution in [-0.2, 0) is 0 Å². The van der Waals surface area contributed by atoms with Gasteiger partial charge in [0.2, 0.25) is 0 Å². The highest BCUT2D eigenvalue weighted by atomic mass is 127. The molecule has 4 heteroatoms. The third-order valence-corrected chi connectivity index (χ3v) is 7.23. The number of hydrogen-bond donors (Lipinski definition) is 1. The molecule has 0 bridgehead atoms. The second-order valence-corrected chi connectivity index (χ2v) is 9.79. The van der Waals surface area contributed by atoms with Gasteiger partial charge in [-0.1, -0.05) is 101 Å². The number of rotatable bonds is 14. The van der Waals surface area contributed by atoms with E-state index >= 15 is 0 Å². The van der Waals surface area contributed by atoms with Crippen LogP contribution in [0.1, 0.15) is 82.3 Å². The van der Waals surface area contributed by atoms with Gasteiger partial charge in [-0.3, -0.25) is 0 Å². The first-order chi connectivity index (χ1) is 17.3. The number of methoxy groups -OCH3 is 1. The average molecular weight is 599 g/mol. The molecule has 0 aliphatic carbocycles. The fraction of sp³-hybridized carbons (Fsp3) is 0.438. The number of H-pyrrole nitrogens is 1.